The fourth-order valence-electron chi connectivity index (χ4n) is 2.23. The predicted molar refractivity (Wildman–Crippen MR) is 73.1 cm³/mol. The molecule has 0 heterocycles. The van der Waals surface area contributed by atoms with Crippen LogP contribution < -0.4 is 5.32 Å². The van der Waals surface area contributed by atoms with E-state index in [2.05, 4.69) is 5.32 Å². The van der Waals surface area contributed by atoms with Crippen molar-refractivity contribution in [2.75, 3.05) is 7.05 Å². The van der Waals surface area contributed by atoms with Crippen molar-refractivity contribution in [2.45, 2.75) is 19.9 Å². The molecule has 0 radical (unpaired) electrons. The summed E-state index contributed by atoms with van der Waals surface area (Å²) in [5, 5.41) is 2.84. The van der Waals surface area contributed by atoms with E-state index in [1.54, 1.807) is 26.1 Å². The first-order valence-electron chi connectivity index (χ1n) is 6.33. The number of aryl methyl sites for hydroxylation is 2. The van der Waals surface area contributed by atoms with Crippen LogP contribution in [-0.2, 0) is 0 Å². The van der Waals surface area contributed by atoms with E-state index in [4.69, 9.17) is 0 Å². The number of halogens is 3. The lowest BCUT2D eigenvalue weighted by Crippen LogP contribution is -2.21. The molecule has 1 atom stereocenters. The van der Waals surface area contributed by atoms with Gasteiger partial charge in [-0.1, -0.05) is 24.3 Å². The second-order valence-corrected chi connectivity index (χ2v) is 4.85. The van der Waals surface area contributed by atoms with Crippen molar-refractivity contribution in [3.63, 3.8) is 0 Å². The molecular weight excluding hydrogens is 263 g/mol. The molecule has 0 aliphatic carbocycles. The molecule has 0 saturated heterocycles. The molecule has 0 saturated carbocycles. The zero-order valence-corrected chi connectivity index (χ0v) is 11.6. The number of rotatable bonds is 3. The highest BCUT2D eigenvalue weighted by Gasteiger charge is 2.22. The van der Waals surface area contributed by atoms with E-state index in [1.165, 1.54) is 25.1 Å². The van der Waals surface area contributed by atoms with Crippen molar-refractivity contribution in [2.24, 2.45) is 0 Å². The SMILES string of the molecule is CNC(c1ccc(C)cc1F)c1ccc(C)c(F)c1F. The third-order valence-corrected chi connectivity index (χ3v) is 3.37. The van der Waals surface area contributed by atoms with Gasteiger partial charge in [0.1, 0.15) is 5.82 Å². The van der Waals surface area contributed by atoms with Gasteiger partial charge >= 0.3 is 0 Å². The third-order valence-electron chi connectivity index (χ3n) is 3.37. The summed E-state index contributed by atoms with van der Waals surface area (Å²) in [6.07, 6.45) is 0. The molecule has 0 aromatic heterocycles. The van der Waals surface area contributed by atoms with Gasteiger partial charge in [-0.05, 0) is 38.1 Å². The summed E-state index contributed by atoms with van der Waals surface area (Å²) < 4.78 is 41.8. The summed E-state index contributed by atoms with van der Waals surface area (Å²) in [5.41, 5.74) is 1.39. The Bertz CT molecular complexity index is 638. The van der Waals surface area contributed by atoms with E-state index in [9.17, 15) is 13.2 Å². The molecule has 0 aliphatic heterocycles. The van der Waals surface area contributed by atoms with Crippen molar-refractivity contribution >= 4 is 0 Å². The topological polar surface area (TPSA) is 12.0 Å². The van der Waals surface area contributed by atoms with Crippen LogP contribution in [-0.4, -0.2) is 7.05 Å². The van der Waals surface area contributed by atoms with Gasteiger partial charge in [-0.15, -0.1) is 0 Å². The predicted octanol–water partition coefficient (Wildman–Crippen LogP) is 4.03. The Morgan fingerprint density at radius 1 is 0.900 bits per heavy atom. The Morgan fingerprint density at radius 2 is 1.55 bits per heavy atom. The summed E-state index contributed by atoms with van der Waals surface area (Å²) in [4.78, 5) is 0. The first-order chi connectivity index (χ1) is 9.45. The van der Waals surface area contributed by atoms with Crippen LogP contribution in [0.5, 0.6) is 0 Å². The summed E-state index contributed by atoms with van der Waals surface area (Å²) in [5.74, 6) is -2.27. The number of nitrogens with one attached hydrogen (secondary N) is 1. The standard InChI is InChI=1S/C16H16F3N/c1-9-4-6-11(13(17)8-9)16(20-3)12-7-5-10(2)14(18)15(12)19/h4-8,16,20H,1-3H3. The molecule has 0 fully saturated rings. The van der Waals surface area contributed by atoms with Gasteiger partial charge in [0.25, 0.3) is 0 Å². The number of benzene rings is 2. The summed E-state index contributed by atoms with van der Waals surface area (Å²) >= 11 is 0. The van der Waals surface area contributed by atoms with Gasteiger partial charge in [0.2, 0.25) is 0 Å². The van der Waals surface area contributed by atoms with Crippen molar-refractivity contribution < 1.29 is 13.2 Å². The molecular formula is C16H16F3N. The molecule has 2 aromatic carbocycles. The van der Waals surface area contributed by atoms with Crippen molar-refractivity contribution in [1.82, 2.24) is 5.32 Å². The fraction of sp³-hybridized carbons (Fsp3) is 0.250. The Labute approximate surface area is 116 Å². The monoisotopic (exact) mass is 279 g/mol. The Balaban J connectivity index is 2.55. The second kappa shape index (κ2) is 5.67. The van der Waals surface area contributed by atoms with E-state index in [1.807, 2.05) is 0 Å². The van der Waals surface area contributed by atoms with Crippen LogP contribution in [0.15, 0.2) is 30.3 Å². The quantitative estimate of drug-likeness (QED) is 0.894. The van der Waals surface area contributed by atoms with Gasteiger partial charge in [-0.2, -0.15) is 0 Å². The Hall–Kier alpha value is -1.81. The highest BCUT2D eigenvalue weighted by Crippen LogP contribution is 2.28. The first kappa shape index (κ1) is 14.6. The Morgan fingerprint density at radius 3 is 2.15 bits per heavy atom. The van der Waals surface area contributed by atoms with Crippen molar-refractivity contribution in [1.29, 1.82) is 0 Å². The lowest BCUT2D eigenvalue weighted by Gasteiger charge is -2.19. The minimum Gasteiger partial charge on any atom is -0.309 e. The minimum absolute atomic E-state index is 0.0957. The molecule has 2 aromatic rings. The highest BCUT2D eigenvalue weighted by atomic mass is 19.2. The lowest BCUT2D eigenvalue weighted by molar-refractivity contribution is 0.478. The maximum atomic E-state index is 14.1. The summed E-state index contributed by atoms with van der Waals surface area (Å²) in [6, 6.07) is 6.94. The molecule has 0 bridgehead atoms. The van der Waals surface area contributed by atoms with E-state index in [0.717, 1.165) is 5.56 Å². The smallest absolute Gasteiger partial charge is 0.164 e. The normalized spacial score (nSPS) is 12.5. The van der Waals surface area contributed by atoms with Gasteiger partial charge in [0, 0.05) is 11.1 Å². The number of hydrogen-bond acceptors (Lipinski definition) is 1. The van der Waals surface area contributed by atoms with Gasteiger partial charge in [-0.25, -0.2) is 13.2 Å². The minimum atomic E-state index is -0.940. The zero-order chi connectivity index (χ0) is 14.9. The molecule has 1 unspecified atom stereocenters. The van der Waals surface area contributed by atoms with E-state index in [0.29, 0.717) is 5.56 Å². The highest BCUT2D eigenvalue weighted by molar-refractivity contribution is 5.37. The molecule has 2 rings (SSSR count). The van der Waals surface area contributed by atoms with E-state index >= 15 is 0 Å². The van der Waals surface area contributed by atoms with Crippen LogP contribution in [0.3, 0.4) is 0 Å². The molecule has 4 heteroatoms. The first-order valence-corrected chi connectivity index (χ1v) is 6.33. The average molecular weight is 279 g/mol. The van der Waals surface area contributed by atoms with Gasteiger partial charge in [0.15, 0.2) is 11.6 Å². The third kappa shape index (κ3) is 2.56. The fourth-order valence-corrected chi connectivity index (χ4v) is 2.23. The molecule has 1 N–H and O–H groups in total. The maximum Gasteiger partial charge on any atom is 0.164 e. The van der Waals surface area contributed by atoms with Crippen LogP contribution in [0.2, 0.25) is 0 Å². The largest absolute Gasteiger partial charge is 0.309 e. The van der Waals surface area contributed by atoms with E-state index in [-0.39, 0.29) is 11.1 Å². The van der Waals surface area contributed by atoms with Gasteiger partial charge < -0.3 is 5.32 Å². The molecule has 1 nitrogen and oxygen atoms in total. The Kier molecular flexibility index (Phi) is 4.14. The molecule has 0 aliphatic rings. The van der Waals surface area contributed by atoms with Crippen LogP contribution in [0.1, 0.15) is 28.3 Å². The lowest BCUT2D eigenvalue weighted by atomic mass is 9.96. The zero-order valence-electron chi connectivity index (χ0n) is 11.6. The molecule has 106 valence electrons. The van der Waals surface area contributed by atoms with Crippen LogP contribution in [0.4, 0.5) is 13.2 Å². The van der Waals surface area contributed by atoms with Gasteiger partial charge in [0.05, 0.1) is 6.04 Å². The maximum absolute atomic E-state index is 14.1. The second-order valence-electron chi connectivity index (χ2n) is 4.85. The molecule has 0 spiro atoms. The van der Waals surface area contributed by atoms with Crippen molar-refractivity contribution in [3.8, 4) is 0 Å². The van der Waals surface area contributed by atoms with Gasteiger partial charge in [-0.3, -0.25) is 0 Å². The van der Waals surface area contributed by atoms with Crippen LogP contribution in [0, 0.1) is 31.3 Å². The summed E-state index contributed by atoms with van der Waals surface area (Å²) in [7, 11) is 1.58. The van der Waals surface area contributed by atoms with Crippen LogP contribution >= 0.6 is 0 Å². The molecule has 20 heavy (non-hydrogen) atoms. The molecule has 0 amide bonds. The van der Waals surface area contributed by atoms with Crippen LogP contribution in [0.25, 0.3) is 0 Å². The number of hydrogen-bond donors (Lipinski definition) is 1. The summed E-state index contributed by atoms with van der Waals surface area (Å²) in [6.45, 7) is 3.26. The van der Waals surface area contributed by atoms with Crippen molar-refractivity contribution in [3.05, 3.63) is 70.0 Å². The average Bonchev–Trinajstić information content (AvgIpc) is 2.41. The van der Waals surface area contributed by atoms with E-state index < -0.39 is 23.5 Å².